The molecule has 0 fully saturated rings. The van der Waals surface area contributed by atoms with Gasteiger partial charge in [0.25, 0.3) is 0 Å². The third-order valence-electron chi connectivity index (χ3n) is 8.98. The van der Waals surface area contributed by atoms with E-state index in [1.807, 2.05) is 0 Å². The van der Waals surface area contributed by atoms with Crippen LogP contribution in [0.4, 0.5) is 13.2 Å². The fourth-order valence-electron chi connectivity index (χ4n) is 6.15. The number of aromatic nitrogens is 6. The lowest BCUT2D eigenvalue weighted by atomic mass is 9.97. The Morgan fingerprint density at radius 3 is 1.85 bits per heavy atom. The van der Waals surface area contributed by atoms with Crippen LogP contribution in [0.2, 0.25) is 0 Å². The van der Waals surface area contributed by atoms with E-state index in [0.717, 1.165) is 15.9 Å². The number of hydrogen-bond donors (Lipinski definition) is 0. The van der Waals surface area contributed by atoms with Crippen LogP contribution in [-0.4, -0.2) is 63.6 Å². The highest BCUT2D eigenvalue weighted by Crippen LogP contribution is 2.45. The zero-order valence-electron chi connectivity index (χ0n) is 29.8. The Labute approximate surface area is 314 Å². The minimum atomic E-state index is -5.10. The van der Waals surface area contributed by atoms with Crippen molar-refractivity contribution in [3.05, 3.63) is 138 Å². The molecule has 0 saturated heterocycles. The Hall–Kier alpha value is -6.26. The van der Waals surface area contributed by atoms with Crippen molar-refractivity contribution < 1.29 is 35.8 Å². The van der Waals surface area contributed by atoms with Crippen molar-refractivity contribution >= 4 is 15.5 Å². The maximum atomic E-state index is 15.2. The largest absolute Gasteiger partial charge is 0.497 e. The number of nitrogens with zero attached hydrogens (tertiary/aromatic N) is 7. The van der Waals surface area contributed by atoms with Crippen LogP contribution in [-0.2, 0) is 35.8 Å². The number of ether oxygens (including phenoxy) is 3. The summed E-state index contributed by atoms with van der Waals surface area (Å²) in [5, 5.41) is 12.8. The average molecular weight is 770 g/mol. The highest BCUT2D eigenvalue weighted by Gasteiger charge is 2.43. The van der Waals surface area contributed by atoms with Crippen molar-refractivity contribution in [2.75, 3.05) is 21.3 Å². The molecule has 282 valence electrons. The Kier molecular flexibility index (Phi) is 10.3. The van der Waals surface area contributed by atoms with E-state index >= 15 is 21.6 Å². The first-order valence-corrected chi connectivity index (χ1v) is 18.2. The van der Waals surface area contributed by atoms with E-state index < -0.39 is 26.7 Å². The van der Waals surface area contributed by atoms with Crippen LogP contribution in [0.15, 0.2) is 121 Å². The molecule has 3 aromatic heterocycles. The van der Waals surface area contributed by atoms with E-state index in [9.17, 15) is 0 Å². The molecule has 0 unspecified atom stereocenters. The predicted molar refractivity (Wildman–Crippen MR) is 197 cm³/mol. The second-order valence-corrected chi connectivity index (χ2v) is 14.3. The van der Waals surface area contributed by atoms with Crippen LogP contribution < -0.4 is 14.2 Å². The Morgan fingerprint density at radius 1 is 0.745 bits per heavy atom. The van der Waals surface area contributed by atoms with Crippen LogP contribution in [0.5, 0.6) is 17.2 Å². The van der Waals surface area contributed by atoms with Gasteiger partial charge in [0.2, 0.25) is 15.8 Å². The van der Waals surface area contributed by atoms with Gasteiger partial charge in [0, 0.05) is 19.3 Å². The maximum Gasteiger partial charge on any atom is 0.417 e. The molecule has 55 heavy (non-hydrogen) atoms. The van der Waals surface area contributed by atoms with Crippen molar-refractivity contribution in [2.24, 2.45) is 0 Å². The van der Waals surface area contributed by atoms with Crippen molar-refractivity contribution in [1.29, 1.82) is 0 Å². The highest BCUT2D eigenvalue weighted by molar-refractivity contribution is 7.89. The summed E-state index contributed by atoms with van der Waals surface area (Å²) in [6, 6.07) is 25.7. The number of benzene rings is 4. The second kappa shape index (κ2) is 15.2. The number of pyridine rings is 1. The van der Waals surface area contributed by atoms with Crippen molar-refractivity contribution in [1.82, 2.24) is 33.9 Å². The summed E-state index contributed by atoms with van der Waals surface area (Å²) in [5.41, 5.74) is 1.23. The Bertz CT molecular complexity index is 2490. The molecule has 7 aromatic rings. The number of alkyl halides is 3. The normalized spacial score (nSPS) is 12.0. The van der Waals surface area contributed by atoms with Gasteiger partial charge < -0.3 is 18.6 Å². The number of halogens is 3. The summed E-state index contributed by atoms with van der Waals surface area (Å²) >= 11 is 0. The number of methoxy groups -OCH3 is 3. The molecule has 0 bridgehead atoms. The quantitative estimate of drug-likeness (QED) is 0.120. The molecule has 0 aliphatic rings. The van der Waals surface area contributed by atoms with Gasteiger partial charge >= 0.3 is 6.18 Å². The molecule has 0 N–H and O–H groups in total. The van der Waals surface area contributed by atoms with E-state index in [4.69, 9.17) is 14.2 Å². The SMILES string of the molecule is COc1ccc(CN(Cc2ccc(OC)cc2)S(=O)(=O)c2c(C(F)(F)F)ccc(-c3ccn4cncc4c3)c2-c2nnn(Cc3ccc(OC)cc3)n2)cc1. The van der Waals surface area contributed by atoms with E-state index in [1.54, 1.807) is 115 Å². The van der Waals surface area contributed by atoms with Crippen molar-refractivity contribution in [3.63, 3.8) is 0 Å². The molecule has 0 radical (unpaired) electrons. The number of hydrogen-bond acceptors (Lipinski definition) is 9. The van der Waals surface area contributed by atoms with E-state index in [2.05, 4.69) is 20.4 Å². The zero-order chi connectivity index (χ0) is 38.7. The second-order valence-electron chi connectivity index (χ2n) is 12.5. The highest BCUT2D eigenvalue weighted by atomic mass is 32.2. The standard InChI is InChI=1S/C39H34F3N7O5S/c1-52-31-10-4-26(5-11-31)22-48(23-27-6-12-32(53-2)13-7-27)55(50,51)37-35(39(40,41)42)17-16-34(29-18-19-47-25-43-21-30(47)20-29)36(37)38-44-46-49(45-38)24-28-8-14-33(54-3)15-9-28/h4-21,25H,22-24H2,1-3H3. The smallest absolute Gasteiger partial charge is 0.417 e. The molecular weight excluding hydrogens is 736 g/mol. The van der Waals surface area contributed by atoms with E-state index in [0.29, 0.717) is 39.5 Å². The lowest BCUT2D eigenvalue weighted by Gasteiger charge is -2.27. The van der Waals surface area contributed by atoms with Crippen molar-refractivity contribution in [3.8, 4) is 39.8 Å². The predicted octanol–water partition coefficient (Wildman–Crippen LogP) is 7.14. The summed E-state index contributed by atoms with van der Waals surface area (Å²) in [5.74, 6) is 1.38. The van der Waals surface area contributed by atoms with Gasteiger partial charge in [0.15, 0.2) is 0 Å². The molecule has 0 saturated carbocycles. The Morgan fingerprint density at radius 2 is 1.31 bits per heavy atom. The topological polar surface area (TPSA) is 126 Å². The van der Waals surface area contributed by atoms with Crippen LogP contribution in [0.25, 0.3) is 28.0 Å². The van der Waals surface area contributed by atoms with E-state index in [-0.39, 0.29) is 36.6 Å². The third kappa shape index (κ3) is 7.86. The third-order valence-corrected chi connectivity index (χ3v) is 10.9. The molecule has 0 amide bonds. The number of fused-ring (bicyclic) bond motifs is 1. The fraction of sp³-hybridized carbons (Fsp3) is 0.179. The lowest BCUT2D eigenvalue weighted by Crippen LogP contribution is -2.32. The summed E-state index contributed by atoms with van der Waals surface area (Å²) in [6.07, 6.45) is -0.262. The molecule has 0 aliphatic heterocycles. The fourth-order valence-corrected chi connectivity index (χ4v) is 7.97. The number of imidazole rings is 1. The van der Waals surface area contributed by atoms with Gasteiger partial charge in [0.1, 0.15) is 22.1 Å². The Balaban J connectivity index is 1.44. The van der Waals surface area contributed by atoms with Gasteiger partial charge in [-0.05, 0) is 87.6 Å². The first-order chi connectivity index (χ1) is 26.5. The van der Waals surface area contributed by atoms with Gasteiger partial charge in [-0.15, -0.1) is 10.2 Å². The molecule has 0 atom stereocenters. The van der Waals surface area contributed by atoms with Crippen LogP contribution >= 0.6 is 0 Å². The van der Waals surface area contributed by atoms with Gasteiger partial charge in [0.05, 0.1) is 57.0 Å². The molecule has 4 aromatic carbocycles. The minimum absolute atomic E-state index is 0.0935. The van der Waals surface area contributed by atoms with Gasteiger partial charge in [-0.1, -0.05) is 42.5 Å². The maximum absolute atomic E-state index is 15.2. The summed E-state index contributed by atoms with van der Waals surface area (Å²) in [4.78, 5) is 4.34. The number of tetrazole rings is 1. The molecule has 0 aliphatic carbocycles. The molecule has 3 heterocycles. The van der Waals surface area contributed by atoms with Gasteiger partial charge in [-0.3, -0.25) is 0 Å². The zero-order valence-corrected chi connectivity index (χ0v) is 30.6. The van der Waals surface area contributed by atoms with Gasteiger partial charge in [-0.2, -0.15) is 22.3 Å². The first-order valence-electron chi connectivity index (χ1n) is 16.8. The number of sulfonamides is 1. The molecule has 12 nitrogen and oxygen atoms in total. The number of rotatable bonds is 13. The minimum Gasteiger partial charge on any atom is -0.497 e. The summed E-state index contributed by atoms with van der Waals surface area (Å²) in [6.45, 7) is -0.465. The molecular formula is C39H34F3N7O5S. The van der Waals surface area contributed by atoms with Crippen LogP contribution in [0, 0.1) is 0 Å². The van der Waals surface area contributed by atoms with Gasteiger partial charge in [-0.25, -0.2) is 13.4 Å². The lowest BCUT2D eigenvalue weighted by molar-refractivity contribution is -0.139. The van der Waals surface area contributed by atoms with Crippen LogP contribution in [0.1, 0.15) is 22.3 Å². The average Bonchev–Trinajstić information content (AvgIpc) is 3.87. The van der Waals surface area contributed by atoms with E-state index in [1.165, 1.54) is 25.1 Å². The first kappa shape index (κ1) is 37.1. The van der Waals surface area contributed by atoms with Crippen LogP contribution in [0.3, 0.4) is 0 Å². The van der Waals surface area contributed by atoms with Crippen molar-refractivity contribution in [2.45, 2.75) is 30.7 Å². The monoisotopic (exact) mass is 769 g/mol. The summed E-state index contributed by atoms with van der Waals surface area (Å²) < 4.78 is 94.6. The molecule has 0 spiro atoms. The summed E-state index contributed by atoms with van der Waals surface area (Å²) in [7, 11) is -0.509. The molecule has 16 heteroatoms. The molecule has 7 rings (SSSR count).